The Morgan fingerprint density at radius 2 is 2.12 bits per heavy atom. The van der Waals surface area contributed by atoms with Crippen molar-refractivity contribution in [2.75, 3.05) is 17.7 Å². The molecule has 1 aliphatic heterocycles. The molecular weight excluding hydrogens is 424 g/mol. The lowest BCUT2D eigenvalue weighted by Gasteiger charge is -2.23. The predicted octanol–water partition coefficient (Wildman–Crippen LogP) is 4.62. The van der Waals surface area contributed by atoms with Gasteiger partial charge in [0.05, 0.1) is 17.3 Å². The Morgan fingerprint density at radius 1 is 1.22 bits per heavy atom. The number of anilines is 2. The minimum atomic E-state index is 0.456. The summed E-state index contributed by atoms with van der Waals surface area (Å²) in [6.45, 7) is 4.33. The van der Waals surface area contributed by atoms with Crippen LogP contribution in [0.25, 0.3) is 10.8 Å². The first-order valence-electron chi connectivity index (χ1n) is 10.7. The zero-order valence-electron chi connectivity index (χ0n) is 17.9. The molecule has 4 heterocycles. The number of aryl methyl sites for hydroxylation is 2. The summed E-state index contributed by atoms with van der Waals surface area (Å²) >= 11 is 6.29. The maximum absolute atomic E-state index is 6.29. The van der Waals surface area contributed by atoms with Crippen LogP contribution in [0.2, 0.25) is 5.02 Å². The zero-order valence-corrected chi connectivity index (χ0v) is 18.6. The number of nitrogens with two attached hydrogens (primary N) is 1. The minimum absolute atomic E-state index is 0.456. The smallest absolute Gasteiger partial charge is 0.213 e. The van der Waals surface area contributed by atoms with Crippen LogP contribution in [0.1, 0.15) is 23.5 Å². The lowest BCUT2D eigenvalue weighted by molar-refractivity contribution is 0.212. The third kappa shape index (κ3) is 4.34. The maximum Gasteiger partial charge on any atom is 0.213 e. The Hall–Kier alpha value is -3.32. The summed E-state index contributed by atoms with van der Waals surface area (Å²) in [5.74, 6) is 2.73. The van der Waals surface area contributed by atoms with Gasteiger partial charge in [0.15, 0.2) is 0 Å². The molecule has 164 valence electrons. The lowest BCUT2D eigenvalue weighted by atomic mass is 9.99. The number of hydrogen-bond donors (Lipinski definition) is 2. The molecule has 0 radical (unpaired) electrons. The quantitative estimate of drug-likeness (QED) is 0.447. The van der Waals surface area contributed by atoms with E-state index in [2.05, 4.69) is 31.0 Å². The SMILES string of the molecule is Cc1cn2c(n1)C[C@H](COc1cc(CNc3ccc4c(N)ncc(Cl)c4c3)ccn1)CC2. The van der Waals surface area contributed by atoms with Gasteiger partial charge >= 0.3 is 0 Å². The third-order valence-electron chi connectivity index (χ3n) is 5.86. The van der Waals surface area contributed by atoms with E-state index in [1.807, 2.05) is 37.3 Å². The highest BCUT2D eigenvalue weighted by molar-refractivity contribution is 6.35. The van der Waals surface area contributed by atoms with Gasteiger partial charge in [0.2, 0.25) is 5.88 Å². The molecule has 1 aromatic carbocycles. The van der Waals surface area contributed by atoms with Crippen LogP contribution in [0.5, 0.6) is 5.88 Å². The van der Waals surface area contributed by atoms with Gasteiger partial charge in [0, 0.05) is 66.5 Å². The van der Waals surface area contributed by atoms with Crippen LogP contribution in [-0.4, -0.2) is 26.1 Å². The van der Waals surface area contributed by atoms with Crippen LogP contribution < -0.4 is 15.8 Å². The normalized spacial score (nSPS) is 15.5. The summed E-state index contributed by atoms with van der Waals surface area (Å²) in [5.41, 5.74) is 9.07. The molecule has 3 aromatic heterocycles. The van der Waals surface area contributed by atoms with E-state index in [0.29, 0.717) is 35.8 Å². The molecule has 4 aromatic rings. The largest absolute Gasteiger partial charge is 0.477 e. The van der Waals surface area contributed by atoms with Crippen LogP contribution in [0.3, 0.4) is 0 Å². The Balaban J connectivity index is 1.20. The lowest BCUT2D eigenvalue weighted by Crippen LogP contribution is -2.24. The zero-order chi connectivity index (χ0) is 22.1. The standard InChI is InChI=1S/C24H25ClN6O/c1-15-13-31-7-5-17(8-22(31)30-15)14-32-23-9-16(4-6-27-23)11-28-18-2-3-19-20(10-18)21(25)12-29-24(19)26/h2-4,6,9-10,12-13,17,28H,5,7-8,11,14H2,1H3,(H2,26,29)/t17-/m1/s1. The Kier molecular flexibility index (Phi) is 5.57. The summed E-state index contributed by atoms with van der Waals surface area (Å²) in [5, 5.41) is 5.74. The van der Waals surface area contributed by atoms with E-state index in [1.165, 1.54) is 0 Å². The van der Waals surface area contributed by atoms with Crippen molar-refractivity contribution in [3.8, 4) is 5.88 Å². The Labute approximate surface area is 191 Å². The fraction of sp³-hybridized carbons (Fsp3) is 0.292. The van der Waals surface area contributed by atoms with Crippen molar-refractivity contribution in [1.29, 1.82) is 0 Å². The number of nitrogens with one attached hydrogen (secondary N) is 1. The van der Waals surface area contributed by atoms with Crippen molar-refractivity contribution in [1.82, 2.24) is 19.5 Å². The number of aromatic nitrogens is 4. The van der Waals surface area contributed by atoms with E-state index in [9.17, 15) is 0 Å². The summed E-state index contributed by atoms with van der Waals surface area (Å²) in [7, 11) is 0. The Bertz CT molecular complexity index is 1270. The van der Waals surface area contributed by atoms with Crippen LogP contribution >= 0.6 is 11.6 Å². The van der Waals surface area contributed by atoms with Gasteiger partial charge in [-0.1, -0.05) is 11.6 Å². The number of benzene rings is 1. The first-order valence-corrected chi connectivity index (χ1v) is 11.1. The van der Waals surface area contributed by atoms with E-state index in [0.717, 1.165) is 52.9 Å². The van der Waals surface area contributed by atoms with E-state index in [-0.39, 0.29) is 0 Å². The van der Waals surface area contributed by atoms with E-state index in [1.54, 1.807) is 12.4 Å². The van der Waals surface area contributed by atoms with E-state index < -0.39 is 0 Å². The van der Waals surface area contributed by atoms with Crippen molar-refractivity contribution < 1.29 is 4.74 Å². The number of fused-ring (bicyclic) bond motifs is 2. The van der Waals surface area contributed by atoms with Crippen molar-refractivity contribution in [2.45, 2.75) is 32.9 Å². The number of ether oxygens (including phenoxy) is 1. The van der Waals surface area contributed by atoms with Crippen LogP contribution in [-0.2, 0) is 19.5 Å². The second kappa shape index (κ2) is 8.67. The molecule has 0 unspecified atom stereocenters. The molecule has 0 saturated carbocycles. The van der Waals surface area contributed by atoms with Crippen LogP contribution in [0, 0.1) is 12.8 Å². The molecule has 0 aliphatic carbocycles. The fourth-order valence-corrected chi connectivity index (χ4v) is 4.37. The van der Waals surface area contributed by atoms with Crippen LogP contribution in [0.15, 0.2) is 48.9 Å². The van der Waals surface area contributed by atoms with Gasteiger partial charge in [-0.2, -0.15) is 0 Å². The van der Waals surface area contributed by atoms with Gasteiger partial charge in [0.25, 0.3) is 0 Å². The number of pyridine rings is 2. The molecule has 7 nitrogen and oxygen atoms in total. The third-order valence-corrected chi connectivity index (χ3v) is 6.16. The second-order valence-electron chi connectivity index (χ2n) is 8.27. The highest BCUT2D eigenvalue weighted by atomic mass is 35.5. The molecular formula is C24H25ClN6O. The summed E-state index contributed by atoms with van der Waals surface area (Å²) < 4.78 is 8.28. The molecule has 0 bridgehead atoms. The average molecular weight is 449 g/mol. The van der Waals surface area contributed by atoms with Gasteiger partial charge in [0.1, 0.15) is 11.6 Å². The van der Waals surface area contributed by atoms with E-state index in [4.69, 9.17) is 22.1 Å². The maximum atomic E-state index is 6.29. The topological polar surface area (TPSA) is 90.9 Å². The molecule has 0 saturated heterocycles. The fourth-order valence-electron chi connectivity index (χ4n) is 4.16. The van der Waals surface area contributed by atoms with E-state index >= 15 is 0 Å². The summed E-state index contributed by atoms with van der Waals surface area (Å²) in [6.07, 6.45) is 7.53. The molecule has 3 N–H and O–H groups in total. The van der Waals surface area contributed by atoms with Gasteiger partial charge in [-0.25, -0.2) is 15.0 Å². The molecule has 0 fully saturated rings. The van der Waals surface area contributed by atoms with Gasteiger partial charge in [-0.3, -0.25) is 0 Å². The summed E-state index contributed by atoms with van der Waals surface area (Å²) in [4.78, 5) is 13.1. The van der Waals surface area contributed by atoms with Crippen molar-refractivity contribution in [2.24, 2.45) is 5.92 Å². The molecule has 1 atom stereocenters. The molecule has 5 rings (SSSR count). The van der Waals surface area contributed by atoms with Crippen molar-refractivity contribution in [3.63, 3.8) is 0 Å². The minimum Gasteiger partial charge on any atom is -0.477 e. The van der Waals surface area contributed by atoms with Crippen molar-refractivity contribution >= 4 is 33.9 Å². The molecule has 1 aliphatic rings. The molecule has 32 heavy (non-hydrogen) atoms. The van der Waals surface area contributed by atoms with Crippen LogP contribution in [0.4, 0.5) is 11.5 Å². The number of halogens is 1. The van der Waals surface area contributed by atoms with Gasteiger partial charge < -0.3 is 20.4 Å². The predicted molar refractivity (Wildman–Crippen MR) is 127 cm³/mol. The van der Waals surface area contributed by atoms with Gasteiger partial charge in [-0.05, 0) is 43.2 Å². The molecule has 0 spiro atoms. The highest BCUT2D eigenvalue weighted by Crippen LogP contribution is 2.29. The Morgan fingerprint density at radius 3 is 3.03 bits per heavy atom. The number of rotatable bonds is 6. The number of imidazole rings is 1. The highest BCUT2D eigenvalue weighted by Gasteiger charge is 2.20. The number of nitrogens with zero attached hydrogens (tertiary/aromatic N) is 4. The second-order valence-corrected chi connectivity index (χ2v) is 8.68. The number of nitrogen functional groups attached to an aromatic ring is 1. The monoisotopic (exact) mass is 448 g/mol. The van der Waals surface area contributed by atoms with Gasteiger partial charge in [-0.15, -0.1) is 0 Å². The summed E-state index contributed by atoms with van der Waals surface area (Å²) in [6, 6.07) is 9.86. The number of hydrogen-bond acceptors (Lipinski definition) is 6. The molecule has 0 amide bonds. The molecule has 8 heteroatoms. The first kappa shape index (κ1) is 20.6. The first-order chi connectivity index (χ1) is 15.5. The van der Waals surface area contributed by atoms with Crippen molar-refractivity contribution in [3.05, 3.63) is 71.0 Å². The average Bonchev–Trinajstić information content (AvgIpc) is 3.18.